The normalized spacial score (nSPS) is 15.7. The average molecular weight is 456 g/mol. The highest BCUT2D eigenvalue weighted by Crippen LogP contribution is 2.34. The molecule has 32 heavy (non-hydrogen) atoms. The van der Waals surface area contributed by atoms with E-state index >= 15 is 0 Å². The van der Waals surface area contributed by atoms with E-state index in [2.05, 4.69) is 10.1 Å². The number of likely N-dealkylation sites (tertiary alicyclic amines) is 1. The van der Waals surface area contributed by atoms with Crippen LogP contribution in [0.15, 0.2) is 47.0 Å². The molecule has 0 radical (unpaired) electrons. The third-order valence-corrected chi connectivity index (χ3v) is 5.71. The quantitative estimate of drug-likeness (QED) is 0.470. The fourth-order valence-corrected chi connectivity index (χ4v) is 4.15. The summed E-state index contributed by atoms with van der Waals surface area (Å²) in [7, 11) is 0. The Kier molecular flexibility index (Phi) is 6.95. The Balaban J connectivity index is 1.50. The highest BCUT2D eigenvalue weighted by atomic mass is 35.5. The van der Waals surface area contributed by atoms with Crippen LogP contribution in [0.2, 0.25) is 5.02 Å². The van der Waals surface area contributed by atoms with E-state index in [1.165, 1.54) is 0 Å². The summed E-state index contributed by atoms with van der Waals surface area (Å²) < 4.78 is 16.8. The number of halogens is 1. The number of aromatic nitrogens is 2. The molecule has 0 unspecified atom stereocenters. The number of amides is 1. The third kappa shape index (κ3) is 4.72. The predicted molar refractivity (Wildman–Crippen MR) is 121 cm³/mol. The summed E-state index contributed by atoms with van der Waals surface area (Å²) in [5.41, 5.74) is 1.58. The molecule has 1 fully saturated rings. The highest BCUT2D eigenvalue weighted by Gasteiger charge is 2.34. The zero-order chi connectivity index (χ0) is 22.5. The van der Waals surface area contributed by atoms with Crippen molar-refractivity contribution in [3.05, 3.63) is 58.9 Å². The van der Waals surface area contributed by atoms with Crippen LogP contribution in [0.1, 0.15) is 44.2 Å². The van der Waals surface area contributed by atoms with Crippen molar-refractivity contribution < 1.29 is 18.8 Å². The SMILES string of the molecule is CCOc1ccc(CC(=O)N2CCC[C@@H]2c2nc(-c3ccccc3Cl)no2)cc1OCC. The van der Waals surface area contributed by atoms with Crippen LogP contribution in [0.4, 0.5) is 0 Å². The van der Waals surface area contributed by atoms with E-state index in [-0.39, 0.29) is 18.4 Å². The van der Waals surface area contributed by atoms with Crippen LogP contribution in [0, 0.1) is 0 Å². The Morgan fingerprint density at radius 2 is 1.94 bits per heavy atom. The Hall–Kier alpha value is -3.06. The van der Waals surface area contributed by atoms with Gasteiger partial charge in [0.15, 0.2) is 11.5 Å². The Morgan fingerprint density at radius 3 is 2.72 bits per heavy atom. The second-order valence-corrected chi connectivity index (χ2v) is 7.91. The van der Waals surface area contributed by atoms with E-state index in [0.717, 1.165) is 18.4 Å². The topological polar surface area (TPSA) is 77.7 Å². The summed E-state index contributed by atoms with van der Waals surface area (Å²) >= 11 is 6.26. The number of ether oxygens (including phenoxy) is 2. The molecular weight excluding hydrogens is 430 g/mol. The number of benzene rings is 2. The van der Waals surface area contributed by atoms with E-state index in [1.807, 2.05) is 55.1 Å². The lowest BCUT2D eigenvalue weighted by Crippen LogP contribution is -2.32. The van der Waals surface area contributed by atoms with Crippen molar-refractivity contribution >= 4 is 17.5 Å². The molecule has 0 saturated carbocycles. The summed E-state index contributed by atoms with van der Waals surface area (Å²) in [6.45, 7) is 5.58. The summed E-state index contributed by atoms with van der Waals surface area (Å²) in [6.07, 6.45) is 1.92. The number of nitrogens with zero attached hydrogens (tertiary/aromatic N) is 3. The van der Waals surface area contributed by atoms with Crippen molar-refractivity contribution in [3.8, 4) is 22.9 Å². The zero-order valence-electron chi connectivity index (χ0n) is 18.2. The molecule has 2 aromatic carbocycles. The molecule has 0 bridgehead atoms. The average Bonchev–Trinajstić information content (AvgIpc) is 3.46. The van der Waals surface area contributed by atoms with Crippen LogP contribution in [-0.2, 0) is 11.2 Å². The highest BCUT2D eigenvalue weighted by molar-refractivity contribution is 6.33. The van der Waals surface area contributed by atoms with Crippen molar-refractivity contribution in [2.24, 2.45) is 0 Å². The van der Waals surface area contributed by atoms with Crippen LogP contribution in [0.5, 0.6) is 11.5 Å². The zero-order valence-corrected chi connectivity index (χ0v) is 19.0. The van der Waals surface area contributed by atoms with E-state index in [4.69, 9.17) is 25.6 Å². The van der Waals surface area contributed by atoms with Crippen LogP contribution in [0.25, 0.3) is 11.4 Å². The minimum absolute atomic E-state index is 0.0107. The molecule has 0 N–H and O–H groups in total. The first-order valence-electron chi connectivity index (χ1n) is 10.9. The van der Waals surface area contributed by atoms with E-state index in [9.17, 15) is 4.79 Å². The van der Waals surface area contributed by atoms with Gasteiger partial charge < -0.3 is 18.9 Å². The molecule has 0 spiro atoms. The summed E-state index contributed by atoms with van der Waals surface area (Å²) in [4.78, 5) is 19.5. The van der Waals surface area contributed by atoms with Gasteiger partial charge in [-0.3, -0.25) is 4.79 Å². The fourth-order valence-electron chi connectivity index (χ4n) is 3.93. The number of rotatable bonds is 8. The molecule has 1 atom stereocenters. The van der Waals surface area contributed by atoms with Crippen molar-refractivity contribution in [1.29, 1.82) is 0 Å². The Morgan fingerprint density at radius 1 is 1.16 bits per heavy atom. The van der Waals surface area contributed by atoms with Crippen molar-refractivity contribution in [2.75, 3.05) is 19.8 Å². The maximum Gasteiger partial charge on any atom is 0.249 e. The largest absolute Gasteiger partial charge is 0.490 e. The predicted octanol–water partition coefficient (Wildman–Crippen LogP) is 5.09. The minimum Gasteiger partial charge on any atom is -0.490 e. The number of hydrogen-bond donors (Lipinski definition) is 0. The fraction of sp³-hybridized carbons (Fsp3) is 0.375. The first-order valence-corrected chi connectivity index (χ1v) is 11.2. The minimum atomic E-state index is -0.236. The first kappa shape index (κ1) is 22.1. The maximum absolute atomic E-state index is 13.2. The van der Waals surface area contributed by atoms with Crippen molar-refractivity contribution in [3.63, 3.8) is 0 Å². The lowest BCUT2D eigenvalue weighted by atomic mass is 10.1. The molecule has 168 valence electrons. The van der Waals surface area contributed by atoms with E-state index in [0.29, 0.717) is 53.6 Å². The Bertz CT molecular complexity index is 1080. The molecule has 1 aromatic heterocycles. The molecule has 1 amide bonds. The second kappa shape index (κ2) is 10.0. The third-order valence-electron chi connectivity index (χ3n) is 5.38. The van der Waals surface area contributed by atoms with Gasteiger partial charge >= 0.3 is 0 Å². The summed E-state index contributed by atoms with van der Waals surface area (Å²) in [5.74, 6) is 2.21. The van der Waals surface area contributed by atoms with Gasteiger partial charge in [0.2, 0.25) is 17.6 Å². The van der Waals surface area contributed by atoms with Crippen LogP contribution in [-0.4, -0.2) is 40.7 Å². The van der Waals surface area contributed by atoms with Crippen LogP contribution in [0.3, 0.4) is 0 Å². The van der Waals surface area contributed by atoms with Gasteiger partial charge in [-0.15, -0.1) is 0 Å². The standard InChI is InChI=1S/C24H26ClN3O4/c1-3-30-20-12-11-16(14-21(20)31-4-2)15-22(29)28-13-7-10-19(28)24-26-23(27-32-24)17-8-5-6-9-18(17)25/h5-6,8-9,11-12,14,19H,3-4,7,10,13,15H2,1-2H3/t19-/m1/s1. The van der Waals surface area contributed by atoms with Crippen LogP contribution >= 0.6 is 11.6 Å². The lowest BCUT2D eigenvalue weighted by molar-refractivity contribution is -0.131. The molecule has 1 aliphatic rings. The monoisotopic (exact) mass is 455 g/mol. The number of hydrogen-bond acceptors (Lipinski definition) is 6. The second-order valence-electron chi connectivity index (χ2n) is 7.51. The molecule has 8 heteroatoms. The molecule has 1 saturated heterocycles. The van der Waals surface area contributed by atoms with Gasteiger partial charge in [0.25, 0.3) is 0 Å². The van der Waals surface area contributed by atoms with E-state index < -0.39 is 0 Å². The van der Waals surface area contributed by atoms with Crippen molar-refractivity contribution in [1.82, 2.24) is 15.0 Å². The number of carbonyl (C=O) groups excluding carboxylic acids is 1. The smallest absolute Gasteiger partial charge is 0.249 e. The molecule has 3 aromatic rings. The van der Waals surface area contributed by atoms with Gasteiger partial charge in [0, 0.05) is 12.1 Å². The van der Waals surface area contributed by atoms with E-state index in [1.54, 1.807) is 6.07 Å². The lowest BCUT2D eigenvalue weighted by Gasteiger charge is -2.22. The molecule has 7 nitrogen and oxygen atoms in total. The summed E-state index contributed by atoms with van der Waals surface area (Å²) in [5, 5.41) is 4.65. The molecular formula is C24H26ClN3O4. The molecule has 2 heterocycles. The van der Waals surface area contributed by atoms with Crippen LogP contribution < -0.4 is 9.47 Å². The molecule has 0 aliphatic carbocycles. The first-order chi connectivity index (χ1) is 15.6. The molecule has 1 aliphatic heterocycles. The Labute approximate surface area is 192 Å². The summed E-state index contributed by atoms with van der Waals surface area (Å²) in [6, 6.07) is 12.7. The van der Waals surface area contributed by atoms with Crippen molar-refractivity contribution in [2.45, 2.75) is 39.2 Å². The van der Waals surface area contributed by atoms with Gasteiger partial charge in [-0.1, -0.05) is 35.0 Å². The van der Waals surface area contributed by atoms with Gasteiger partial charge in [0.05, 0.1) is 24.7 Å². The maximum atomic E-state index is 13.2. The van der Waals surface area contributed by atoms with Gasteiger partial charge in [0.1, 0.15) is 6.04 Å². The molecule has 4 rings (SSSR count). The van der Waals surface area contributed by atoms with Gasteiger partial charge in [-0.25, -0.2) is 0 Å². The number of carbonyl (C=O) groups is 1. The van der Waals surface area contributed by atoms with Gasteiger partial charge in [-0.05, 0) is 56.5 Å². The van der Waals surface area contributed by atoms with Gasteiger partial charge in [-0.2, -0.15) is 4.98 Å².